The van der Waals surface area contributed by atoms with Crippen molar-refractivity contribution in [2.45, 2.75) is 6.54 Å². The zero-order chi connectivity index (χ0) is 19.7. The number of piperazine rings is 1. The van der Waals surface area contributed by atoms with Crippen LogP contribution in [0.1, 0.15) is 5.56 Å². The van der Waals surface area contributed by atoms with E-state index in [9.17, 15) is 9.59 Å². The van der Waals surface area contributed by atoms with Gasteiger partial charge in [0.1, 0.15) is 15.9 Å². The van der Waals surface area contributed by atoms with Gasteiger partial charge in [-0.05, 0) is 17.7 Å². The van der Waals surface area contributed by atoms with Gasteiger partial charge in [-0.25, -0.2) is 9.88 Å². The Bertz CT molecular complexity index is 923. The van der Waals surface area contributed by atoms with E-state index in [4.69, 9.17) is 23.2 Å². The van der Waals surface area contributed by atoms with Gasteiger partial charge in [0.2, 0.25) is 0 Å². The molecule has 0 atom stereocenters. The Morgan fingerprint density at radius 1 is 0.893 bits per heavy atom. The molecule has 0 aliphatic carbocycles. The summed E-state index contributed by atoms with van der Waals surface area (Å²) < 4.78 is 0. The molecule has 3 heterocycles. The molecule has 2 amide bonds. The molecule has 144 valence electrons. The van der Waals surface area contributed by atoms with Crippen molar-refractivity contribution in [2.24, 2.45) is 0 Å². The number of rotatable bonds is 4. The van der Waals surface area contributed by atoms with E-state index >= 15 is 0 Å². The summed E-state index contributed by atoms with van der Waals surface area (Å²) in [6.45, 7) is 3.68. The van der Waals surface area contributed by atoms with Crippen LogP contribution in [-0.4, -0.2) is 52.8 Å². The first-order valence-electron chi connectivity index (χ1n) is 8.96. The predicted octanol–water partition coefficient (Wildman–Crippen LogP) is 2.88. The van der Waals surface area contributed by atoms with Gasteiger partial charge >= 0.3 is 0 Å². The molecule has 4 rings (SSSR count). The van der Waals surface area contributed by atoms with E-state index in [1.165, 1.54) is 17.8 Å². The maximum absolute atomic E-state index is 12.9. The first-order valence-corrected chi connectivity index (χ1v) is 9.71. The lowest BCUT2D eigenvalue weighted by Gasteiger charge is -2.36. The molecule has 0 bridgehead atoms. The van der Waals surface area contributed by atoms with Crippen molar-refractivity contribution in [3.8, 4) is 0 Å². The Hall–Kier alpha value is -2.41. The Morgan fingerprint density at radius 3 is 2.25 bits per heavy atom. The summed E-state index contributed by atoms with van der Waals surface area (Å²) >= 11 is 12.1. The van der Waals surface area contributed by atoms with Gasteiger partial charge < -0.3 is 4.90 Å². The van der Waals surface area contributed by atoms with Crippen LogP contribution < -0.4 is 4.90 Å². The largest absolute Gasteiger partial charge is 0.363 e. The molecule has 2 aromatic rings. The van der Waals surface area contributed by atoms with Crippen LogP contribution in [0.15, 0.2) is 59.4 Å². The van der Waals surface area contributed by atoms with Crippen LogP contribution in [0.2, 0.25) is 5.15 Å². The minimum Gasteiger partial charge on any atom is -0.363 e. The minimum atomic E-state index is -0.530. The van der Waals surface area contributed by atoms with E-state index in [0.717, 1.165) is 24.5 Å². The van der Waals surface area contributed by atoms with E-state index in [1.807, 2.05) is 23.1 Å². The SMILES string of the molecule is O=C1C(Cl)=C(N2CCN(Cc3ccccc3)CC2)C(=O)N1c1ccc(Cl)nc1. The monoisotopic (exact) mass is 416 g/mol. The molecule has 28 heavy (non-hydrogen) atoms. The summed E-state index contributed by atoms with van der Waals surface area (Å²) in [5.74, 6) is -0.951. The summed E-state index contributed by atoms with van der Waals surface area (Å²) in [6, 6.07) is 13.4. The number of benzene rings is 1. The first-order chi connectivity index (χ1) is 13.5. The molecule has 0 saturated carbocycles. The van der Waals surface area contributed by atoms with Crippen LogP contribution in [0.3, 0.4) is 0 Å². The molecule has 6 nitrogen and oxygen atoms in total. The highest BCUT2D eigenvalue weighted by atomic mass is 35.5. The van der Waals surface area contributed by atoms with Crippen molar-refractivity contribution in [1.29, 1.82) is 0 Å². The second kappa shape index (κ2) is 7.91. The third kappa shape index (κ3) is 3.63. The van der Waals surface area contributed by atoms with Crippen molar-refractivity contribution < 1.29 is 9.59 Å². The van der Waals surface area contributed by atoms with Crippen molar-refractivity contribution in [2.75, 3.05) is 31.1 Å². The predicted molar refractivity (Wildman–Crippen MR) is 108 cm³/mol. The quantitative estimate of drug-likeness (QED) is 0.566. The number of pyridine rings is 1. The van der Waals surface area contributed by atoms with E-state index in [0.29, 0.717) is 18.8 Å². The zero-order valence-electron chi connectivity index (χ0n) is 15.0. The number of carbonyl (C=O) groups excluding carboxylic acids is 2. The number of nitrogens with zero attached hydrogens (tertiary/aromatic N) is 4. The van der Waals surface area contributed by atoms with Crippen molar-refractivity contribution in [3.05, 3.63) is 70.1 Å². The fourth-order valence-corrected chi connectivity index (χ4v) is 3.87. The van der Waals surface area contributed by atoms with E-state index < -0.39 is 11.8 Å². The third-order valence-electron chi connectivity index (χ3n) is 4.91. The van der Waals surface area contributed by atoms with Gasteiger partial charge in [-0.15, -0.1) is 0 Å². The molecule has 2 aliphatic heterocycles. The van der Waals surface area contributed by atoms with Crippen LogP contribution >= 0.6 is 23.2 Å². The second-order valence-corrected chi connectivity index (χ2v) is 7.46. The molecular weight excluding hydrogens is 399 g/mol. The number of anilines is 1. The average molecular weight is 417 g/mol. The molecule has 8 heteroatoms. The Labute approximate surface area is 173 Å². The topological polar surface area (TPSA) is 56.8 Å². The van der Waals surface area contributed by atoms with E-state index in [-0.39, 0.29) is 15.9 Å². The lowest BCUT2D eigenvalue weighted by Crippen LogP contribution is -2.47. The third-order valence-corrected chi connectivity index (χ3v) is 5.48. The number of amides is 2. The average Bonchev–Trinajstić information content (AvgIpc) is 2.93. The summed E-state index contributed by atoms with van der Waals surface area (Å²) in [5, 5.41) is 0.244. The van der Waals surface area contributed by atoms with Gasteiger partial charge in [-0.1, -0.05) is 53.5 Å². The first kappa shape index (κ1) is 18.9. The maximum Gasteiger partial charge on any atom is 0.283 e. The molecule has 1 saturated heterocycles. The zero-order valence-corrected chi connectivity index (χ0v) is 16.5. The number of hydrogen-bond acceptors (Lipinski definition) is 5. The molecule has 0 spiro atoms. The Balaban J connectivity index is 1.45. The molecule has 0 N–H and O–H groups in total. The smallest absolute Gasteiger partial charge is 0.283 e. The van der Waals surface area contributed by atoms with Gasteiger partial charge in [0.15, 0.2) is 0 Å². The van der Waals surface area contributed by atoms with Gasteiger partial charge in [-0.2, -0.15) is 0 Å². The highest BCUT2D eigenvalue weighted by Gasteiger charge is 2.42. The Kier molecular flexibility index (Phi) is 5.35. The molecule has 1 fully saturated rings. The molecule has 2 aliphatic rings. The maximum atomic E-state index is 12.9. The lowest BCUT2D eigenvalue weighted by atomic mass is 10.2. The molecule has 0 unspecified atom stereocenters. The van der Waals surface area contributed by atoms with Gasteiger partial charge in [0.05, 0.1) is 11.9 Å². The van der Waals surface area contributed by atoms with E-state index in [1.54, 1.807) is 6.07 Å². The molecule has 0 radical (unpaired) electrons. The van der Waals surface area contributed by atoms with Crippen LogP contribution in [-0.2, 0) is 16.1 Å². The highest BCUT2D eigenvalue weighted by molar-refractivity contribution is 6.52. The number of aromatic nitrogens is 1. The van der Waals surface area contributed by atoms with Crippen molar-refractivity contribution in [1.82, 2.24) is 14.8 Å². The summed E-state index contributed by atoms with van der Waals surface area (Å²) in [4.78, 5) is 34.7. The van der Waals surface area contributed by atoms with Crippen molar-refractivity contribution in [3.63, 3.8) is 0 Å². The second-order valence-electron chi connectivity index (χ2n) is 6.70. The summed E-state index contributed by atoms with van der Waals surface area (Å²) in [6.07, 6.45) is 1.39. The Morgan fingerprint density at radius 2 is 1.61 bits per heavy atom. The molecule has 1 aromatic carbocycles. The normalized spacial score (nSPS) is 18.4. The van der Waals surface area contributed by atoms with E-state index in [2.05, 4.69) is 22.0 Å². The number of imide groups is 1. The van der Waals surface area contributed by atoms with Gasteiger partial charge in [-0.3, -0.25) is 14.5 Å². The fourth-order valence-electron chi connectivity index (χ4n) is 3.47. The minimum absolute atomic E-state index is 0.0449. The van der Waals surface area contributed by atoms with Crippen molar-refractivity contribution >= 4 is 40.7 Å². The van der Waals surface area contributed by atoms with Crippen LogP contribution in [0.4, 0.5) is 5.69 Å². The van der Waals surface area contributed by atoms with Gasteiger partial charge in [0, 0.05) is 32.7 Å². The number of halogens is 2. The van der Waals surface area contributed by atoms with Gasteiger partial charge in [0.25, 0.3) is 11.8 Å². The van der Waals surface area contributed by atoms with Crippen LogP contribution in [0.25, 0.3) is 0 Å². The molecule has 1 aromatic heterocycles. The van der Waals surface area contributed by atoms with Crippen LogP contribution in [0.5, 0.6) is 0 Å². The number of hydrogen-bond donors (Lipinski definition) is 0. The lowest BCUT2D eigenvalue weighted by molar-refractivity contribution is -0.121. The molecular formula is C20H18Cl2N4O2. The highest BCUT2D eigenvalue weighted by Crippen LogP contribution is 2.31. The number of carbonyl (C=O) groups is 2. The standard InChI is InChI=1S/C20H18Cl2N4O2/c21-16-7-6-15(12-23-16)26-19(27)17(22)18(20(26)28)25-10-8-24(9-11-25)13-14-4-2-1-3-5-14/h1-7,12H,8-11,13H2. The van der Waals surface area contributed by atoms with Crippen LogP contribution in [0, 0.1) is 0 Å². The summed E-state index contributed by atoms with van der Waals surface area (Å²) in [5.41, 5.74) is 1.87. The summed E-state index contributed by atoms with van der Waals surface area (Å²) in [7, 11) is 0. The fraction of sp³-hybridized carbons (Fsp3) is 0.250.